The Balaban J connectivity index is 1.56. The van der Waals surface area contributed by atoms with E-state index in [0.717, 1.165) is 28.9 Å². The van der Waals surface area contributed by atoms with Gasteiger partial charge in [0.15, 0.2) is 6.29 Å². The zero-order chi connectivity index (χ0) is 19.5. The molecule has 2 heterocycles. The molecule has 0 bridgehead atoms. The van der Waals surface area contributed by atoms with Crippen LogP contribution in [0.15, 0.2) is 60.9 Å². The number of rotatable bonds is 5. The van der Waals surface area contributed by atoms with Gasteiger partial charge in [-0.05, 0) is 35.7 Å². The molecule has 0 aliphatic carbocycles. The number of para-hydroxylation sites is 1. The molecule has 0 saturated carbocycles. The van der Waals surface area contributed by atoms with E-state index in [1.807, 2.05) is 30.3 Å². The molecule has 0 spiro atoms. The molecular formula is C22H22N2O4. The SMILES string of the molecule is Oc1ccccc1-c1ccc2c(c1)OCC[C@H]2CNc1cnccc1C(O)O. The first-order valence-electron chi connectivity index (χ1n) is 9.22. The van der Waals surface area contributed by atoms with E-state index >= 15 is 0 Å². The van der Waals surface area contributed by atoms with Crippen LogP contribution in [0.2, 0.25) is 0 Å². The topological polar surface area (TPSA) is 94.8 Å². The zero-order valence-electron chi connectivity index (χ0n) is 15.2. The summed E-state index contributed by atoms with van der Waals surface area (Å²) >= 11 is 0. The van der Waals surface area contributed by atoms with Gasteiger partial charge in [-0.2, -0.15) is 0 Å². The van der Waals surface area contributed by atoms with Gasteiger partial charge in [0.05, 0.1) is 18.5 Å². The molecule has 1 aromatic heterocycles. The lowest BCUT2D eigenvalue weighted by atomic mass is 9.90. The lowest BCUT2D eigenvalue weighted by molar-refractivity contribution is -0.0419. The number of aromatic hydroxyl groups is 1. The van der Waals surface area contributed by atoms with E-state index in [1.165, 1.54) is 6.20 Å². The zero-order valence-corrected chi connectivity index (χ0v) is 15.2. The predicted octanol–water partition coefficient (Wildman–Crippen LogP) is 3.42. The Kier molecular flexibility index (Phi) is 5.14. The first kappa shape index (κ1) is 18.3. The highest BCUT2D eigenvalue weighted by Gasteiger charge is 2.23. The van der Waals surface area contributed by atoms with Crippen molar-refractivity contribution in [3.63, 3.8) is 0 Å². The highest BCUT2D eigenvalue weighted by molar-refractivity contribution is 5.72. The molecule has 0 amide bonds. The average molecular weight is 378 g/mol. The maximum absolute atomic E-state index is 10.1. The van der Waals surface area contributed by atoms with E-state index in [1.54, 1.807) is 24.4 Å². The number of aliphatic hydroxyl groups excluding tert-OH is 1. The van der Waals surface area contributed by atoms with Crippen molar-refractivity contribution in [3.8, 4) is 22.6 Å². The highest BCUT2D eigenvalue weighted by atomic mass is 16.5. The van der Waals surface area contributed by atoms with Crippen molar-refractivity contribution >= 4 is 5.69 Å². The van der Waals surface area contributed by atoms with Gasteiger partial charge in [0.2, 0.25) is 0 Å². The van der Waals surface area contributed by atoms with Crippen LogP contribution in [0.1, 0.15) is 29.8 Å². The number of phenols is 1. The summed E-state index contributed by atoms with van der Waals surface area (Å²) in [5.74, 6) is 1.27. The quantitative estimate of drug-likeness (QED) is 0.508. The molecule has 6 heteroatoms. The number of hydrogen-bond acceptors (Lipinski definition) is 6. The van der Waals surface area contributed by atoms with Gasteiger partial charge in [-0.3, -0.25) is 4.98 Å². The second kappa shape index (κ2) is 7.88. The van der Waals surface area contributed by atoms with Gasteiger partial charge < -0.3 is 25.4 Å². The molecule has 1 aliphatic rings. The number of nitrogens with one attached hydrogen (secondary N) is 1. The van der Waals surface area contributed by atoms with E-state index in [4.69, 9.17) is 4.74 Å². The third kappa shape index (κ3) is 3.65. The number of nitrogens with zero attached hydrogens (tertiary/aromatic N) is 1. The van der Waals surface area contributed by atoms with Crippen LogP contribution in [0.4, 0.5) is 5.69 Å². The Morgan fingerprint density at radius 3 is 2.82 bits per heavy atom. The summed E-state index contributed by atoms with van der Waals surface area (Å²) in [5, 5.41) is 32.4. The van der Waals surface area contributed by atoms with Crippen LogP contribution in [0.3, 0.4) is 0 Å². The number of aromatic nitrogens is 1. The number of aliphatic hydroxyl groups is 2. The Morgan fingerprint density at radius 2 is 2.00 bits per heavy atom. The van der Waals surface area contributed by atoms with Crippen LogP contribution < -0.4 is 10.1 Å². The maximum atomic E-state index is 10.1. The smallest absolute Gasteiger partial charge is 0.180 e. The lowest BCUT2D eigenvalue weighted by Crippen LogP contribution is -2.21. The van der Waals surface area contributed by atoms with Crippen LogP contribution in [0.5, 0.6) is 11.5 Å². The van der Waals surface area contributed by atoms with Gasteiger partial charge >= 0.3 is 0 Å². The number of pyridine rings is 1. The Labute approximate surface area is 163 Å². The van der Waals surface area contributed by atoms with Crippen molar-refractivity contribution in [2.75, 3.05) is 18.5 Å². The van der Waals surface area contributed by atoms with E-state index in [2.05, 4.69) is 10.3 Å². The maximum Gasteiger partial charge on any atom is 0.180 e. The first-order valence-corrected chi connectivity index (χ1v) is 9.22. The van der Waals surface area contributed by atoms with Crippen LogP contribution in [-0.4, -0.2) is 33.5 Å². The summed E-state index contributed by atoms with van der Waals surface area (Å²) in [6, 6.07) is 14.8. The molecule has 6 nitrogen and oxygen atoms in total. The van der Waals surface area contributed by atoms with Gasteiger partial charge in [0.25, 0.3) is 0 Å². The molecule has 28 heavy (non-hydrogen) atoms. The molecule has 2 aromatic carbocycles. The normalized spacial score (nSPS) is 15.8. The summed E-state index contributed by atoms with van der Waals surface area (Å²) in [5.41, 5.74) is 3.77. The Bertz CT molecular complexity index is 974. The van der Waals surface area contributed by atoms with E-state index < -0.39 is 6.29 Å². The van der Waals surface area contributed by atoms with Gasteiger partial charge in [-0.1, -0.05) is 30.3 Å². The molecule has 0 radical (unpaired) electrons. The molecule has 4 N–H and O–H groups in total. The molecule has 0 unspecified atom stereocenters. The average Bonchev–Trinajstić information content (AvgIpc) is 2.72. The van der Waals surface area contributed by atoms with Crippen molar-refractivity contribution in [1.29, 1.82) is 0 Å². The molecule has 3 aromatic rings. The standard InChI is InChI=1S/C22H22N2O4/c25-20-4-2-1-3-16(20)14-5-6-17-15(8-10-28-21(17)11-14)12-24-19-13-23-9-7-18(19)22(26)27/h1-7,9,11,13,15,22,24-27H,8,10,12H2/t15-/m0/s1. The Hall–Kier alpha value is -3.09. The summed E-state index contributed by atoms with van der Waals surface area (Å²) in [6.45, 7) is 1.23. The number of fused-ring (bicyclic) bond motifs is 1. The molecule has 4 rings (SSSR count). The monoisotopic (exact) mass is 378 g/mol. The number of ether oxygens (including phenoxy) is 1. The van der Waals surface area contributed by atoms with Crippen molar-refractivity contribution in [2.45, 2.75) is 18.6 Å². The summed E-state index contributed by atoms with van der Waals surface area (Å²) in [6.07, 6.45) is 2.43. The van der Waals surface area contributed by atoms with E-state index in [9.17, 15) is 15.3 Å². The second-order valence-corrected chi connectivity index (χ2v) is 6.82. The summed E-state index contributed by atoms with van der Waals surface area (Å²) in [7, 11) is 0. The van der Waals surface area contributed by atoms with E-state index in [-0.39, 0.29) is 11.7 Å². The van der Waals surface area contributed by atoms with Crippen molar-refractivity contribution < 1.29 is 20.1 Å². The third-order valence-corrected chi connectivity index (χ3v) is 5.06. The van der Waals surface area contributed by atoms with Crippen molar-refractivity contribution in [2.24, 2.45) is 0 Å². The minimum Gasteiger partial charge on any atom is -0.507 e. The molecule has 0 fully saturated rings. The van der Waals surface area contributed by atoms with Crippen molar-refractivity contribution in [3.05, 3.63) is 72.1 Å². The van der Waals surface area contributed by atoms with Crippen LogP contribution >= 0.6 is 0 Å². The number of benzene rings is 2. The molecule has 0 saturated heterocycles. The number of hydrogen-bond donors (Lipinski definition) is 4. The number of phenolic OH excluding ortho intramolecular Hbond substituents is 1. The fraction of sp³-hybridized carbons (Fsp3) is 0.227. The second-order valence-electron chi connectivity index (χ2n) is 6.82. The minimum atomic E-state index is -1.55. The first-order chi connectivity index (χ1) is 13.6. The van der Waals surface area contributed by atoms with Gasteiger partial charge in [-0.25, -0.2) is 0 Å². The molecule has 1 atom stereocenters. The largest absolute Gasteiger partial charge is 0.507 e. The van der Waals surface area contributed by atoms with Crippen LogP contribution in [0.25, 0.3) is 11.1 Å². The third-order valence-electron chi connectivity index (χ3n) is 5.06. The summed E-state index contributed by atoms with van der Waals surface area (Å²) in [4.78, 5) is 4.06. The fourth-order valence-corrected chi connectivity index (χ4v) is 3.57. The van der Waals surface area contributed by atoms with Gasteiger partial charge in [0.1, 0.15) is 11.5 Å². The fourth-order valence-electron chi connectivity index (χ4n) is 3.57. The van der Waals surface area contributed by atoms with Crippen LogP contribution in [0, 0.1) is 0 Å². The Morgan fingerprint density at radius 1 is 1.14 bits per heavy atom. The minimum absolute atomic E-state index is 0.214. The van der Waals surface area contributed by atoms with E-state index in [0.29, 0.717) is 24.4 Å². The molecular weight excluding hydrogens is 356 g/mol. The lowest BCUT2D eigenvalue weighted by Gasteiger charge is -2.27. The van der Waals surface area contributed by atoms with Crippen molar-refractivity contribution in [1.82, 2.24) is 4.98 Å². The van der Waals surface area contributed by atoms with Gasteiger partial charge in [-0.15, -0.1) is 0 Å². The van der Waals surface area contributed by atoms with Gasteiger partial charge in [0, 0.05) is 29.8 Å². The van der Waals surface area contributed by atoms with Crippen LogP contribution in [-0.2, 0) is 0 Å². The predicted molar refractivity (Wildman–Crippen MR) is 106 cm³/mol. The highest BCUT2D eigenvalue weighted by Crippen LogP contribution is 2.38. The number of anilines is 1. The summed E-state index contributed by atoms with van der Waals surface area (Å²) < 4.78 is 5.87. The molecule has 1 aliphatic heterocycles. The molecule has 144 valence electrons.